The number of carbonyl (C=O) groups excluding carboxylic acids is 2. The third kappa shape index (κ3) is 4.41. The first-order valence-electron chi connectivity index (χ1n) is 8.42. The monoisotopic (exact) mass is 424 g/mol. The summed E-state index contributed by atoms with van der Waals surface area (Å²) in [6, 6.07) is 6.74. The minimum Gasteiger partial charge on any atom is -0.466 e. The molecule has 28 heavy (non-hydrogen) atoms. The predicted octanol–water partition coefficient (Wildman–Crippen LogP) is 3.57. The lowest BCUT2D eigenvalue weighted by molar-refractivity contribution is -0.143. The Hall–Kier alpha value is -2.69. The number of nitriles is 1. The molecule has 148 valence electrons. The average molecular weight is 425 g/mol. The second-order valence-electron chi connectivity index (χ2n) is 5.61. The standard InChI is InChI=1S/C19H18Cl2N2O5/c1-3-26-14(24)8-13-16(19(25)27-4-2)15(11(9-22)18(23)28-13)10-6-5-7-12(20)17(10)21/h5-7,15H,3-4,8,23H2,1-2H3/t15-/m1/s1. The van der Waals surface area contributed by atoms with Gasteiger partial charge in [-0.1, -0.05) is 35.3 Å². The van der Waals surface area contributed by atoms with Crippen LogP contribution in [0.15, 0.2) is 41.0 Å². The third-order valence-electron chi connectivity index (χ3n) is 3.89. The normalized spacial score (nSPS) is 16.3. The van der Waals surface area contributed by atoms with Gasteiger partial charge in [0.1, 0.15) is 23.8 Å². The first kappa shape index (κ1) is 21.6. The van der Waals surface area contributed by atoms with E-state index in [-0.39, 0.29) is 52.5 Å². The Morgan fingerprint density at radius 1 is 1.25 bits per heavy atom. The molecule has 7 nitrogen and oxygen atoms in total. The van der Waals surface area contributed by atoms with E-state index in [1.165, 1.54) is 0 Å². The van der Waals surface area contributed by atoms with Crippen molar-refractivity contribution in [3.63, 3.8) is 0 Å². The summed E-state index contributed by atoms with van der Waals surface area (Å²) in [5, 5.41) is 10.0. The van der Waals surface area contributed by atoms with Crippen LogP contribution in [0.5, 0.6) is 0 Å². The Morgan fingerprint density at radius 3 is 2.54 bits per heavy atom. The zero-order chi connectivity index (χ0) is 20.8. The molecule has 0 fully saturated rings. The molecular weight excluding hydrogens is 407 g/mol. The fourth-order valence-corrected chi connectivity index (χ4v) is 3.20. The van der Waals surface area contributed by atoms with Crippen LogP contribution in [-0.4, -0.2) is 25.2 Å². The summed E-state index contributed by atoms with van der Waals surface area (Å²) in [7, 11) is 0. The average Bonchev–Trinajstić information content (AvgIpc) is 2.64. The Bertz CT molecular complexity index is 902. The molecule has 0 aliphatic carbocycles. The molecule has 2 N–H and O–H groups in total. The lowest BCUT2D eigenvalue weighted by Crippen LogP contribution is -2.27. The van der Waals surface area contributed by atoms with E-state index in [9.17, 15) is 14.9 Å². The largest absolute Gasteiger partial charge is 0.466 e. The molecule has 2 rings (SSSR count). The van der Waals surface area contributed by atoms with E-state index in [1.54, 1.807) is 32.0 Å². The van der Waals surface area contributed by atoms with Gasteiger partial charge in [0, 0.05) is 0 Å². The molecule has 0 bridgehead atoms. The number of hydrogen-bond donors (Lipinski definition) is 1. The van der Waals surface area contributed by atoms with Crippen molar-refractivity contribution in [2.24, 2.45) is 5.73 Å². The van der Waals surface area contributed by atoms with Crippen molar-refractivity contribution in [3.8, 4) is 6.07 Å². The highest BCUT2D eigenvalue weighted by molar-refractivity contribution is 6.42. The summed E-state index contributed by atoms with van der Waals surface area (Å²) in [6.45, 7) is 3.51. The van der Waals surface area contributed by atoms with Crippen LogP contribution in [0.3, 0.4) is 0 Å². The summed E-state index contributed by atoms with van der Waals surface area (Å²) in [4.78, 5) is 24.7. The van der Waals surface area contributed by atoms with Crippen LogP contribution in [0.4, 0.5) is 0 Å². The van der Waals surface area contributed by atoms with E-state index in [4.69, 9.17) is 43.1 Å². The first-order valence-corrected chi connectivity index (χ1v) is 9.18. The molecule has 0 unspecified atom stereocenters. The van der Waals surface area contributed by atoms with E-state index in [0.717, 1.165) is 0 Å². The van der Waals surface area contributed by atoms with Crippen LogP contribution >= 0.6 is 23.2 Å². The number of nitrogens with two attached hydrogens (primary N) is 1. The quantitative estimate of drug-likeness (QED) is 0.694. The number of ether oxygens (including phenoxy) is 3. The van der Waals surface area contributed by atoms with E-state index < -0.39 is 17.9 Å². The molecule has 1 aromatic rings. The molecule has 0 amide bonds. The van der Waals surface area contributed by atoms with Gasteiger partial charge >= 0.3 is 11.9 Å². The Kier molecular flexibility index (Phi) is 7.32. The minimum atomic E-state index is -1.01. The number of benzene rings is 1. The molecule has 1 aliphatic heterocycles. The maximum atomic E-state index is 12.7. The van der Waals surface area contributed by atoms with E-state index in [1.807, 2.05) is 6.07 Å². The van der Waals surface area contributed by atoms with Crippen LogP contribution in [0.25, 0.3) is 0 Å². The maximum Gasteiger partial charge on any atom is 0.338 e. The van der Waals surface area contributed by atoms with Crippen molar-refractivity contribution >= 4 is 35.1 Å². The SMILES string of the molecule is CCOC(=O)CC1=C(C(=O)OCC)[C@H](c2cccc(Cl)c2Cl)C(C#N)=C(N)O1. The fourth-order valence-electron chi connectivity index (χ4n) is 2.78. The van der Waals surface area contributed by atoms with E-state index in [2.05, 4.69) is 0 Å². The van der Waals surface area contributed by atoms with Crippen LogP contribution in [0.2, 0.25) is 10.0 Å². The number of carbonyl (C=O) groups is 2. The van der Waals surface area contributed by atoms with Gasteiger partial charge in [-0.3, -0.25) is 4.79 Å². The topological polar surface area (TPSA) is 112 Å². The molecule has 1 heterocycles. The van der Waals surface area contributed by atoms with Crippen LogP contribution < -0.4 is 5.73 Å². The number of esters is 2. The number of halogens is 2. The van der Waals surface area contributed by atoms with Crippen molar-refractivity contribution < 1.29 is 23.8 Å². The third-order valence-corrected chi connectivity index (χ3v) is 4.73. The van der Waals surface area contributed by atoms with Gasteiger partial charge in [-0.15, -0.1) is 0 Å². The summed E-state index contributed by atoms with van der Waals surface area (Å²) >= 11 is 12.4. The summed E-state index contributed by atoms with van der Waals surface area (Å²) in [6.07, 6.45) is -0.365. The highest BCUT2D eigenvalue weighted by atomic mass is 35.5. The van der Waals surface area contributed by atoms with Crippen LogP contribution in [0, 0.1) is 11.3 Å². The van der Waals surface area contributed by atoms with Crippen molar-refractivity contribution in [1.82, 2.24) is 0 Å². The smallest absolute Gasteiger partial charge is 0.338 e. The molecule has 1 atom stereocenters. The second kappa shape index (κ2) is 9.49. The summed E-state index contributed by atoms with van der Waals surface area (Å²) in [5.41, 5.74) is 6.17. The van der Waals surface area contributed by atoms with E-state index in [0.29, 0.717) is 5.56 Å². The lowest BCUT2D eigenvalue weighted by atomic mass is 9.82. The fraction of sp³-hybridized carbons (Fsp3) is 0.316. The van der Waals surface area contributed by atoms with Gasteiger partial charge in [-0.05, 0) is 25.5 Å². The Labute approximate surface area is 172 Å². The molecule has 9 heteroatoms. The maximum absolute atomic E-state index is 12.7. The van der Waals surface area contributed by atoms with Gasteiger partial charge < -0.3 is 19.9 Å². The van der Waals surface area contributed by atoms with Gasteiger partial charge in [0.15, 0.2) is 0 Å². The van der Waals surface area contributed by atoms with Gasteiger partial charge in [0.25, 0.3) is 0 Å². The van der Waals surface area contributed by atoms with Gasteiger partial charge in [0.2, 0.25) is 5.88 Å². The molecule has 1 aromatic carbocycles. The van der Waals surface area contributed by atoms with Crippen molar-refractivity contribution in [1.29, 1.82) is 5.26 Å². The zero-order valence-corrected chi connectivity index (χ0v) is 16.8. The second-order valence-corrected chi connectivity index (χ2v) is 6.39. The molecule has 0 aromatic heterocycles. The lowest BCUT2D eigenvalue weighted by Gasteiger charge is -2.28. The Morgan fingerprint density at radius 2 is 1.93 bits per heavy atom. The predicted molar refractivity (Wildman–Crippen MR) is 102 cm³/mol. The highest BCUT2D eigenvalue weighted by Crippen LogP contribution is 2.44. The van der Waals surface area contributed by atoms with Crippen molar-refractivity contribution in [3.05, 3.63) is 56.6 Å². The van der Waals surface area contributed by atoms with Gasteiger partial charge in [-0.2, -0.15) is 5.26 Å². The van der Waals surface area contributed by atoms with Crippen molar-refractivity contribution in [2.75, 3.05) is 13.2 Å². The molecule has 0 saturated carbocycles. The molecule has 0 radical (unpaired) electrons. The van der Waals surface area contributed by atoms with Crippen LogP contribution in [-0.2, 0) is 23.8 Å². The van der Waals surface area contributed by atoms with Crippen LogP contribution in [0.1, 0.15) is 31.7 Å². The molecule has 0 saturated heterocycles. The summed E-state index contributed by atoms with van der Waals surface area (Å²) in [5.74, 6) is -2.69. The number of allylic oxidation sites excluding steroid dienone is 1. The Balaban J connectivity index is 2.71. The van der Waals surface area contributed by atoms with Crippen molar-refractivity contribution in [2.45, 2.75) is 26.2 Å². The molecular formula is C19H18Cl2N2O5. The highest BCUT2D eigenvalue weighted by Gasteiger charge is 2.39. The first-order chi connectivity index (χ1) is 13.3. The van der Waals surface area contributed by atoms with E-state index >= 15 is 0 Å². The molecule has 1 aliphatic rings. The number of nitrogens with zero attached hydrogens (tertiary/aromatic N) is 1. The number of hydrogen-bond acceptors (Lipinski definition) is 7. The zero-order valence-electron chi connectivity index (χ0n) is 15.3. The van der Waals surface area contributed by atoms with Gasteiger partial charge in [-0.25, -0.2) is 4.79 Å². The molecule has 0 spiro atoms. The number of rotatable bonds is 6. The summed E-state index contributed by atoms with van der Waals surface area (Å²) < 4.78 is 15.5. The van der Waals surface area contributed by atoms with Gasteiger partial charge in [0.05, 0.1) is 34.8 Å². The minimum absolute atomic E-state index is 0.0418.